The molecule has 0 spiro atoms. The highest BCUT2D eigenvalue weighted by atomic mass is 15.2. The van der Waals surface area contributed by atoms with E-state index in [0.717, 1.165) is 13.1 Å². The van der Waals surface area contributed by atoms with Crippen LogP contribution in [0.15, 0.2) is 78.5 Å². The molecule has 0 bridgehead atoms. The second kappa shape index (κ2) is 15.2. The fourth-order valence-corrected chi connectivity index (χ4v) is 8.14. The molecule has 0 saturated carbocycles. The van der Waals surface area contributed by atoms with Crippen LogP contribution in [0.2, 0.25) is 0 Å². The molecule has 0 unspecified atom stereocenters. The SMILES string of the molecule is CCCCCCCCN1/C(=C\C=C\C2=[N+](CCCCCCCC)c3ccc4ccccc4c3C2(C)C)C(C)(C)c2cc(C)ccc21. The van der Waals surface area contributed by atoms with Crippen molar-refractivity contribution in [1.82, 2.24) is 0 Å². The third-order valence-electron chi connectivity index (χ3n) is 10.8. The lowest BCUT2D eigenvalue weighted by atomic mass is 9.79. The highest BCUT2D eigenvalue weighted by Gasteiger charge is 2.45. The van der Waals surface area contributed by atoms with E-state index in [2.05, 4.69) is 131 Å². The zero-order chi connectivity index (χ0) is 32.7. The number of benzene rings is 3. The van der Waals surface area contributed by atoms with Crippen LogP contribution in [0.1, 0.15) is 135 Å². The molecule has 46 heavy (non-hydrogen) atoms. The molecular formula is C44H61N2+. The quantitative estimate of drug-likeness (QED) is 0.114. The van der Waals surface area contributed by atoms with Crippen molar-refractivity contribution in [2.45, 2.75) is 136 Å². The lowest BCUT2D eigenvalue weighted by Crippen LogP contribution is -2.28. The Balaban J connectivity index is 1.47. The molecule has 2 nitrogen and oxygen atoms in total. The first-order valence-electron chi connectivity index (χ1n) is 18.7. The highest BCUT2D eigenvalue weighted by Crippen LogP contribution is 2.48. The van der Waals surface area contributed by atoms with E-state index in [1.165, 1.54) is 127 Å². The minimum atomic E-state index is -0.0726. The molecule has 246 valence electrons. The first-order chi connectivity index (χ1) is 22.2. The van der Waals surface area contributed by atoms with Gasteiger partial charge in [-0.25, -0.2) is 0 Å². The zero-order valence-corrected chi connectivity index (χ0v) is 30.2. The van der Waals surface area contributed by atoms with Gasteiger partial charge in [-0.2, -0.15) is 4.58 Å². The number of fused-ring (bicyclic) bond motifs is 4. The second-order valence-electron chi connectivity index (χ2n) is 15.1. The summed E-state index contributed by atoms with van der Waals surface area (Å²) in [5.74, 6) is 0. The Hall–Kier alpha value is -3.13. The average Bonchev–Trinajstić information content (AvgIpc) is 3.38. The summed E-state index contributed by atoms with van der Waals surface area (Å²) in [4.78, 5) is 2.64. The molecule has 3 aromatic rings. The fourth-order valence-electron chi connectivity index (χ4n) is 8.14. The van der Waals surface area contributed by atoms with E-state index < -0.39 is 0 Å². The Morgan fingerprint density at radius 1 is 0.717 bits per heavy atom. The number of anilines is 1. The van der Waals surface area contributed by atoms with Gasteiger partial charge in [-0.3, -0.25) is 0 Å². The standard InChI is InChI=1S/C44H61N2/c1-8-10-12-14-16-20-31-45-38-29-27-34(3)33-37(38)43(4,5)40(45)25-22-26-41-44(6,7)42-36-24-19-18-23-35(36)28-30-39(42)46(41)32-21-17-15-13-11-9-2/h18-19,22-30,33H,8-17,20-21,31-32H2,1-7H3/q+1. The lowest BCUT2D eigenvalue weighted by molar-refractivity contribution is -0.438. The number of aryl methyl sites for hydroxylation is 1. The predicted molar refractivity (Wildman–Crippen MR) is 202 cm³/mol. The van der Waals surface area contributed by atoms with Gasteiger partial charge in [0.05, 0.1) is 5.41 Å². The van der Waals surface area contributed by atoms with Crippen molar-refractivity contribution in [3.8, 4) is 0 Å². The molecule has 0 amide bonds. The Bertz CT molecular complexity index is 1580. The van der Waals surface area contributed by atoms with Crippen molar-refractivity contribution in [3.63, 3.8) is 0 Å². The van der Waals surface area contributed by atoms with E-state index in [4.69, 9.17) is 0 Å². The minimum Gasteiger partial charge on any atom is -0.344 e. The topological polar surface area (TPSA) is 6.25 Å². The first-order valence-corrected chi connectivity index (χ1v) is 18.7. The second-order valence-corrected chi connectivity index (χ2v) is 15.1. The zero-order valence-electron chi connectivity index (χ0n) is 30.2. The van der Waals surface area contributed by atoms with Gasteiger partial charge in [0.2, 0.25) is 5.69 Å². The van der Waals surface area contributed by atoms with E-state index in [9.17, 15) is 0 Å². The Morgan fingerprint density at radius 3 is 2.13 bits per heavy atom. The monoisotopic (exact) mass is 617 g/mol. The van der Waals surface area contributed by atoms with Crippen LogP contribution in [0.5, 0.6) is 0 Å². The van der Waals surface area contributed by atoms with Crippen molar-refractivity contribution >= 4 is 27.9 Å². The molecule has 0 radical (unpaired) electrons. The third-order valence-corrected chi connectivity index (χ3v) is 10.8. The van der Waals surface area contributed by atoms with Crippen LogP contribution in [0.25, 0.3) is 10.8 Å². The van der Waals surface area contributed by atoms with Crippen molar-refractivity contribution in [3.05, 3.63) is 95.2 Å². The summed E-state index contributed by atoms with van der Waals surface area (Å²) in [7, 11) is 0. The fraction of sp³-hybridized carbons (Fsp3) is 0.523. The summed E-state index contributed by atoms with van der Waals surface area (Å²) in [6.45, 7) is 18.7. The largest absolute Gasteiger partial charge is 0.344 e. The molecule has 2 aliphatic rings. The maximum atomic E-state index is 2.66. The van der Waals surface area contributed by atoms with Gasteiger partial charge in [-0.15, -0.1) is 0 Å². The first kappa shape index (κ1) is 34.2. The van der Waals surface area contributed by atoms with Gasteiger partial charge in [0.15, 0.2) is 5.71 Å². The van der Waals surface area contributed by atoms with Gasteiger partial charge < -0.3 is 4.90 Å². The molecule has 5 rings (SSSR count). The predicted octanol–water partition coefficient (Wildman–Crippen LogP) is 12.5. The smallest absolute Gasteiger partial charge is 0.210 e. The number of rotatable bonds is 16. The minimum absolute atomic E-state index is 0.0267. The summed E-state index contributed by atoms with van der Waals surface area (Å²) in [5, 5.41) is 2.74. The van der Waals surface area contributed by atoms with Crippen LogP contribution in [0, 0.1) is 6.92 Å². The molecule has 3 aromatic carbocycles. The molecule has 0 aromatic heterocycles. The number of hydrogen-bond acceptors (Lipinski definition) is 1. The van der Waals surface area contributed by atoms with Gasteiger partial charge >= 0.3 is 0 Å². The van der Waals surface area contributed by atoms with Gasteiger partial charge in [-0.05, 0) is 68.2 Å². The van der Waals surface area contributed by atoms with Crippen LogP contribution in [-0.4, -0.2) is 23.4 Å². The normalized spacial score (nSPS) is 17.5. The molecule has 0 fully saturated rings. The number of nitrogens with zero attached hydrogens (tertiary/aromatic N) is 2. The van der Waals surface area contributed by atoms with Gasteiger partial charge in [0.25, 0.3) is 0 Å². The summed E-state index contributed by atoms with van der Waals surface area (Å²) in [6.07, 6.45) is 23.1. The van der Waals surface area contributed by atoms with Crippen molar-refractivity contribution in [1.29, 1.82) is 0 Å². The van der Waals surface area contributed by atoms with Gasteiger partial charge in [-0.1, -0.05) is 134 Å². The summed E-state index contributed by atoms with van der Waals surface area (Å²) in [5.41, 5.74) is 9.86. The maximum absolute atomic E-state index is 2.66. The van der Waals surface area contributed by atoms with E-state index in [1.807, 2.05) is 0 Å². The molecule has 2 aliphatic heterocycles. The third kappa shape index (κ3) is 7.07. The Kier molecular flexibility index (Phi) is 11.3. The maximum Gasteiger partial charge on any atom is 0.210 e. The number of allylic oxidation sites excluding steroid dienone is 4. The van der Waals surface area contributed by atoms with Crippen LogP contribution in [0.3, 0.4) is 0 Å². The van der Waals surface area contributed by atoms with Crippen molar-refractivity contribution in [2.24, 2.45) is 0 Å². The lowest BCUT2D eigenvalue weighted by Gasteiger charge is -2.27. The van der Waals surface area contributed by atoms with Crippen molar-refractivity contribution < 1.29 is 4.58 Å². The number of unbranched alkanes of at least 4 members (excludes halogenated alkanes) is 10. The average molecular weight is 618 g/mol. The summed E-state index contributed by atoms with van der Waals surface area (Å²) in [6, 6.07) is 20.8. The van der Waals surface area contributed by atoms with Crippen LogP contribution in [0.4, 0.5) is 11.4 Å². The van der Waals surface area contributed by atoms with E-state index >= 15 is 0 Å². The molecule has 0 atom stereocenters. The van der Waals surface area contributed by atoms with Crippen molar-refractivity contribution in [2.75, 3.05) is 18.0 Å². The summed E-state index contributed by atoms with van der Waals surface area (Å²) < 4.78 is 2.66. The van der Waals surface area contributed by atoms with E-state index in [0.29, 0.717) is 0 Å². The van der Waals surface area contributed by atoms with Crippen LogP contribution >= 0.6 is 0 Å². The Morgan fingerprint density at radius 2 is 1.39 bits per heavy atom. The molecule has 2 heteroatoms. The molecule has 0 aliphatic carbocycles. The molecule has 2 heterocycles. The number of hydrogen-bond donors (Lipinski definition) is 0. The van der Waals surface area contributed by atoms with E-state index in [-0.39, 0.29) is 10.8 Å². The molecular weight excluding hydrogens is 556 g/mol. The van der Waals surface area contributed by atoms with Crippen LogP contribution in [-0.2, 0) is 10.8 Å². The highest BCUT2D eigenvalue weighted by molar-refractivity contribution is 6.07. The molecule has 0 saturated heterocycles. The van der Waals surface area contributed by atoms with Crippen LogP contribution < -0.4 is 4.90 Å². The van der Waals surface area contributed by atoms with Gasteiger partial charge in [0.1, 0.15) is 6.54 Å². The molecule has 0 N–H and O–H groups in total. The summed E-state index contributed by atoms with van der Waals surface area (Å²) >= 11 is 0. The Labute approximate surface area is 281 Å². The van der Waals surface area contributed by atoms with E-state index in [1.54, 1.807) is 0 Å². The van der Waals surface area contributed by atoms with Gasteiger partial charge in [0, 0.05) is 47.5 Å².